The number of fused-ring (bicyclic) bond motifs is 3. The molecule has 0 saturated heterocycles. The van der Waals surface area contributed by atoms with Gasteiger partial charge in [-0.3, -0.25) is 0 Å². The Balaban J connectivity index is 2.27. The molecule has 0 radical (unpaired) electrons. The van der Waals surface area contributed by atoms with Gasteiger partial charge in [0.15, 0.2) is 0 Å². The van der Waals surface area contributed by atoms with Crippen molar-refractivity contribution >= 4 is 21.7 Å². The largest absolute Gasteiger partial charge is 0.460 e. The van der Waals surface area contributed by atoms with Gasteiger partial charge in [-0.05, 0) is 11.5 Å². The second-order valence-electron chi connectivity index (χ2n) is 8.04. The summed E-state index contributed by atoms with van der Waals surface area (Å²) in [7, 11) is 0. The lowest BCUT2D eigenvalue weighted by Gasteiger charge is -2.42. The Kier molecular flexibility index (Phi) is 6.61. The van der Waals surface area contributed by atoms with Gasteiger partial charge in [-0.25, -0.2) is 4.98 Å². The number of rotatable bonds is 7. The van der Waals surface area contributed by atoms with E-state index in [9.17, 15) is 74.6 Å². The van der Waals surface area contributed by atoms with Gasteiger partial charge in [0, 0.05) is 10.8 Å². The first kappa shape index (κ1) is 30.5. The van der Waals surface area contributed by atoms with Gasteiger partial charge in [-0.1, -0.05) is 42.5 Å². The van der Waals surface area contributed by atoms with Crippen LogP contribution in [0.4, 0.5) is 74.6 Å². The summed E-state index contributed by atoms with van der Waals surface area (Å²) >= 11 is 0. The molecule has 1 nitrogen and oxygen atoms in total. The molecule has 0 aliphatic heterocycles. The molecule has 1 heterocycles. The first-order valence-electron chi connectivity index (χ1n) is 9.81. The van der Waals surface area contributed by atoms with E-state index >= 15 is 0 Å². The molecule has 0 fully saturated rings. The lowest BCUT2D eigenvalue weighted by atomic mass is 9.87. The quantitative estimate of drug-likeness (QED) is 0.196. The van der Waals surface area contributed by atoms with Crippen LogP contribution in [-0.2, 0) is 5.92 Å². The molecule has 0 N–H and O–H groups in total. The van der Waals surface area contributed by atoms with Crippen LogP contribution < -0.4 is 0 Å². The average Bonchev–Trinajstić information content (AvgIpc) is 2.82. The first-order chi connectivity index (χ1) is 17.3. The molecule has 0 saturated carbocycles. The number of pyridine rings is 1. The number of para-hydroxylation sites is 1. The van der Waals surface area contributed by atoms with E-state index in [2.05, 4.69) is 4.98 Å². The van der Waals surface area contributed by atoms with Crippen LogP contribution in [0.15, 0.2) is 48.5 Å². The van der Waals surface area contributed by atoms with Crippen molar-refractivity contribution < 1.29 is 74.6 Å². The lowest BCUT2D eigenvalue weighted by Crippen LogP contribution is -2.74. The molecule has 0 atom stereocenters. The molecule has 3 aromatic rings. The SMILES string of the molecule is FC(F)(F)C(F)(F)C(F)(F)C(F)(F)C(F)(F)C(F)(F)C(F)(F)C(F)(F)c1nc2ccccc2c2ccccc12. The molecule has 39 heavy (non-hydrogen) atoms. The summed E-state index contributed by atoms with van der Waals surface area (Å²) in [5.74, 6) is -57.1. The number of hydrogen-bond acceptors (Lipinski definition) is 1. The summed E-state index contributed by atoms with van der Waals surface area (Å²) in [6.45, 7) is 0. The Morgan fingerprint density at radius 3 is 1.21 bits per heavy atom. The van der Waals surface area contributed by atoms with E-state index in [1.54, 1.807) is 0 Å². The van der Waals surface area contributed by atoms with Gasteiger partial charge in [0.2, 0.25) is 0 Å². The molecule has 2 aromatic carbocycles. The molecular weight excluding hydrogens is 589 g/mol. The molecule has 18 heteroatoms. The van der Waals surface area contributed by atoms with E-state index in [-0.39, 0.29) is 5.39 Å². The molecule has 0 spiro atoms. The fourth-order valence-electron chi connectivity index (χ4n) is 3.46. The summed E-state index contributed by atoms with van der Waals surface area (Å²) in [6, 6.07) is 7.79. The minimum atomic E-state index is -8.68. The van der Waals surface area contributed by atoms with Crippen molar-refractivity contribution in [1.29, 1.82) is 0 Å². The monoisotopic (exact) mass is 597 g/mol. The number of aromatic nitrogens is 1. The predicted octanol–water partition coefficient (Wildman–Crippen LogP) is 8.85. The van der Waals surface area contributed by atoms with E-state index in [0.29, 0.717) is 6.07 Å². The van der Waals surface area contributed by atoms with Gasteiger partial charge in [-0.15, -0.1) is 0 Å². The van der Waals surface area contributed by atoms with Crippen molar-refractivity contribution in [2.75, 3.05) is 0 Å². The minimum absolute atomic E-state index is 0.0892. The smallest absolute Gasteiger partial charge is 0.246 e. The Morgan fingerprint density at radius 1 is 0.385 bits per heavy atom. The average molecular weight is 597 g/mol. The minimum Gasteiger partial charge on any atom is -0.246 e. The number of benzene rings is 2. The van der Waals surface area contributed by atoms with Crippen LogP contribution in [0.5, 0.6) is 0 Å². The maximum atomic E-state index is 14.9. The second kappa shape index (κ2) is 8.46. The van der Waals surface area contributed by atoms with Crippen molar-refractivity contribution in [3.63, 3.8) is 0 Å². The number of nitrogens with zero attached hydrogens (tertiary/aromatic N) is 1. The third-order valence-electron chi connectivity index (χ3n) is 5.63. The van der Waals surface area contributed by atoms with E-state index in [1.807, 2.05) is 0 Å². The third-order valence-corrected chi connectivity index (χ3v) is 5.63. The van der Waals surface area contributed by atoms with Crippen LogP contribution in [0.1, 0.15) is 5.69 Å². The Morgan fingerprint density at radius 2 is 0.744 bits per heavy atom. The van der Waals surface area contributed by atoms with Crippen LogP contribution in [0.3, 0.4) is 0 Å². The summed E-state index contributed by atoms with van der Waals surface area (Å²) in [5, 5.41) is -1.67. The first-order valence-corrected chi connectivity index (χ1v) is 9.81. The fourth-order valence-corrected chi connectivity index (χ4v) is 3.46. The highest BCUT2D eigenvalue weighted by Crippen LogP contribution is 2.65. The van der Waals surface area contributed by atoms with E-state index in [4.69, 9.17) is 0 Å². The zero-order valence-electron chi connectivity index (χ0n) is 18.0. The highest BCUT2D eigenvalue weighted by atomic mass is 19.4. The summed E-state index contributed by atoms with van der Waals surface area (Å²) in [6.07, 6.45) is -7.80. The molecule has 0 aliphatic rings. The second-order valence-corrected chi connectivity index (χ2v) is 8.04. The van der Waals surface area contributed by atoms with Crippen LogP contribution in [0.25, 0.3) is 21.7 Å². The highest BCUT2D eigenvalue weighted by molar-refractivity contribution is 6.06. The Bertz CT molecular complexity index is 1390. The van der Waals surface area contributed by atoms with Crippen molar-refractivity contribution in [1.82, 2.24) is 4.98 Å². The summed E-state index contributed by atoms with van der Waals surface area (Å²) < 4.78 is 232. The zero-order valence-corrected chi connectivity index (χ0v) is 18.0. The van der Waals surface area contributed by atoms with E-state index in [0.717, 1.165) is 36.4 Å². The lowest BCUT2D eigenvalue weighted by molar-refractivity contribution is -0.462. The topological polar surface area (TPSA) is 12.9 Å². The van der Waals surface area contributed by atoms with Gasteiger partial charge >= 0.3 is 47.6 Å². The summed E-state index contributed by atoms with van der Waals surface area (Å²) in [5.41, 5.74) is -3.11. The molecule has 3 rings (SSSR count). The van der Waals surface area contributed by atoms with E-state index < -0.39 is 69.6 Å². The Hall–Kier alpha value is -3.08. The van der Waals surface area contributed by atoms with Crippen LogP contribution in [-0.4, -0.2) is 46.7 Å². The van der Waals surface area contributed by atoms with Crippen LogP contribution in [0, 0.1) is 0 Å². The molecule has 0 unspecified atom stereocenters. The fraction of sp³-hybridized carbons (Fsp3) is 0.381. The van der Waals surface area contributed by atoms with Crippen molar-refractivity contribution in [2.24, 2.45) is 0 Å². The number of halogens is 17. The zero-order chi connectivity index (χ0) is 30.3. The molecule has 0 amide bonds. The molecule has 0 aliphatic carbocycles. The van der Waals surface area contributed by atoms with Crippen molar-refractivity contribution in [3.8, 4) is 0 Å². The van der Waals surface area contributed by atoms with Crippen molar-refractivity contribution in [2.45, 2.75) is 47.6 Å². The van der Waals surface area contributed by atoms with E-state index in [1.165, 1.54) is 6.07 Å². The van der Waals surface area contributed by atoms with Gasteiger partial charge in [0.1, 0.15) is 5.69 Å². The molecule has 216 valence electrons. The maximum Gasteiger partial charge on any atom is 0.460 e. The normalized spacial score (nSPS) is 15.3. The van der Waals surface area contributed by atoms with Crippen molar-refractivity contribution in [3.05, 3.63) is 54.2 Å². The number of hydrogen-bond donors (Lipinski definition) is 0. The molecule has 0 bridgehead atoms. The van der Waals surface area contributed by atoms with Crippen LogP contribution in [0.2, 0.25) is 0 Å². The summed E-state index contributed by atoms with van der Waals surface area (Å²) in [4.78, 5) is 3.01. The van der Waals surface area contributed by atoms with Crippen LogP contribution >= 0.6 is 0 Å². The highest BCUT2D eigenvalue weighted by Gasteiger charge is 2.95. The number of alkyl halides is 17. The Labute approximate surface area is 204 Å². The standard InChI is InChI=1S/C21H8F17N/c22-14(23,13-11-7-2-1-5-9(11)10-6-3-4-8-12(10)39-13)15(24,25)16(26,27)17(28,29)18(30,31)19(32,33)20(34,35)21(36,37)38/h1-8H. The third kappa shape index (κ3) is 3.79. The predicted molar refractivity (Wildman–Crippen MR) is 98.9 cm³/mol. The van der Waals surface area contributed by atoms with Gasteiger partial charge < -0.3 is 0 Å². The van der Waals surface area contributed by atoms with Gasteiger partial charge in [-0.2, -0.15) is 74.6 Å². The maximum absolute atomic E-state index is 14.9. The van der Waals surface area contributed by atoms with Gasteiger partial charge in [0.05, 0.1) is 5.52 Å². The van der Waals surface area contributed by atoms with Gasteiger partial charge in [0.25, 0.3) is 0 Å². The molecule has 1 aromatic heterocycles. The molecular formula is C21H8F17N.